The van der Waals surface area contributed by atoms with Gasteiger partial charge in [-0.2, -0.15) is 17.4 Å². The van der Waals surface area contributed by atoms with Crippen molar-refractivity contribution in [1.82, 2.24) is 13.9 Å². The molecule has 0 saturated carbocycles. The summed E-state index contributed by atoms with van der Waals surface area (Å²) in [4.78, 5) is 13.1. The highest BCUT2D eigenvalue weighted by Crippen LogP contribution is 2.20. The van der Waals surface area contributed by atoms with Crippen LogP contribution in [0.1, 0.15) is 29.2 Å². The van der Waals surface area contributed by atoms with Crippen LogP contribution in [0.3, 0.4) is 0 Å². The van der Waals surface area contributed by atoms with Crippen LogP contribution in [0.2, 0.25) is 0 Å². The standard InChI is InChI=1S/C14H23N3O5S/c1-16(2)14(18)13-7-6-12(22-13)9-15-23(19,20)17-8-4-5-11(17)10-21-3/h6-7,11,15H,4-5,8-10H2,1-3H3/t11-/m1/s1. The van der Waals surface area contributed by atoms with Gasteiger partial charge >= 0.3 is 0 Å². The molecule has 1 aliphatic heterocycles. The number of hydrogen-bond donors (Lipinski definition) is 1. The second-order valence-electron chi connectivity index (χ2n) is 5.65. The maximum atomic E-state index is 12.4. The molecule has 0 radical (unpaired) electrons. The fraction of sp³-hybridized carbons (Fsp3) is 0.643. The summed E-state index contributed by atoms with van der Waals surface area (Å²) in [6.07, 6.45) is 1.61. The lowest BCUT2D eigenvalue weighted by atomic mass is 10.2. The molecule has 9 heteroatoms. The lowest BCUT2D eigenvalue weighted by Crippen LogP contribution is -2.44. The maximum absolute atomic E-state index is 12.4. The van der Waals surface area contributed by atoms with Crippen molar-refractivity contribution in [2.24, 2.45) is 0 Å². The minimum absolute atomic E-state index is 0.000750. The quantitative estimate of drug-likeness (QED) is 0.773. The van der Waals surface area contributed by atoms with E-state index in [0.717, 1.165) is 12.8 Å². The Bertz CT molecular complexity index is 641. The minimum atomic E-state index is -3.61. The third-order valence-electron chi connectivity index (χ3n) is 3.70. The molecule has 23 heavy (non-hydrogen) atoms. The topological polar surface area (TPSA) is 92.1 Å². The SMILES string of the molecule is COC[C@H]1CCCN1S(=O)(=O)NCc1ccc(C(=O)N(C)C)o1. The first-order valence-corrected chi connectivity index (χ1v) is 8.85. The number of rotatable bonds is 7. The predicted octanol–water partition coefficient (Wildman–Crippen LogP) is 0.427. The predicted molar refractivity (Wildman–Crippen MR) is 84.1 cm³/mol. The molecule has 1 aliphatic rings. The van der Waals surface area contributed by atoms with Crippen molar-refractivity contribution in [2.45, 2.75) is 25.4 Å². The molecular weight excluding hydrogens is 322 g/mol. The Hall–Kier alpha value is -1.42. The molecule has 1 aromatic rings. The Morgan fingerprint density at radius 2 is 2.22 bits per heavy atom. The van der Waals surface area contributed by atoms with Gasteiger partial charge in [0.15, 0.2) is 5.76 Å². The zero-order valence-corrected chi connectivity index (χ0v) is 14.4. The van der Waals surface area contributed by atoms with E-state index >= 15 is 0 Å². The zero-order valence-electron chi connectivity index (χ0n) is 13.6. The molecule has 0 bridgehead atoms. The van der Waals surface area contributed by atoms with Gasteiger partial charge in [0.2, 0.25) is 0 Å². The summed E-state index contributed by atoms with van der Waals surface area (Å²) in [6, 6.07) is 2.99. The summed E-state index contributed by atoms with van der Waals surface area (Å²) in [6.45, 7) is 0.855. The van der Waals surface area contributed by atoms with Crippen LogP contribution in [-0.4, -0.2) is 63.9 Å². The maximum Gasteiger partial charge on any atom is 0.289 e. The minimum Gasteiger partial charge on any atom is -0.455 e. The number of carbonyl (C=O) groups excluding carboxylic acids is 1. The molecule has 0 spiro atoms. The molecule has 1 aromatic heterocycles. The number of amides is 1. The summed E-state index contributed by atoms with van der Waals surface area (Å²) in [5, 5.41) is 0. The number of methoxy groups -OCH3 is 1. The number of nitrogens with one attached hydrogen (secondary N) is 1. The first kappa shape index (κ1) is 17.9. The fourth-order valence-electron chi connectivity index (χ4n) is 2.54. The third-order valence-corrected chi connectivity index (χ3v) is 5.31. The van der Waals surface area contributed by atoms with Gasteiger partial charge in [-0.3, -0.25) is 4.79 Å². The van der Waals surface area contributed by atoms with Crippen molar-refractivity contribution in [3.63, 3.8) is 0 Å². The van der Waals surface area contributed by atoms with Gasteiger partial charge in [0.1, 0.15) is 5.76 Å². The van der Waals surface area contributed by atoms with E-state index in [0.29, 0.717) is 18.9 Å². The smallest absolute Gasteiger partial charge is 0.289 e. The van der Waals surface area contributed by atoms with E-state index in [-0.39, 0.29) is 24.3 Å². The first-order chi connectivity index (χ1) is 10.8. The fourth-order valence-corrected chi connectivity index (χ4v) is 3.96. The van der Waals surface area contributed by atoms with Gasteiger partial charge in [0, 0.05) is 33.8 Å². The lowest BCUT2D eigenvalue weighted by molar-refractivity contribution is 0.0795. The van der Waals surface area contributed by atoms with Crippen LogP contribution in [0.4, 0.5) is 0 Å². The number of carbonyl (C=O) groups is 1. The number of nitrogens with zero attached hydrogens (tertiary/aromatic N) is 2. The van der Waals surface area contributed by atoms with E-state index in [4.69, 9.17) is 9.15 Å². The van der Waals surface area contributed by atoms with E-state index in [1.54, 1.807) is 27.3 Å². The van der Waals surface area contributed by atoms with Crippen LogP contribution in [0, 0.1) is 0 Å². The monoisotopic (exact) mass is 345 g/mol. The second kappa shape index (κ2) is 7.43. The number of ether oxygens (including phenoxy) is 1. The van der Waals surface area contributed by atoms with Gasteiger partial charge in [-0.05, 0) is 25.0 Å². The summed E-state index contributed by atoms with van der Waals surface area (Å²) in [5.41, 5.74) is 0. The summed E-state index contributed by atoms with van der Waals surface area (Å²) in [5.74, 6) is 0.308. The molecule has 0 aromatic carbocycles. The van der Waals surface area contributed by atoms with Gasteiger partial charge in [-0.1, -0.05) is 0 Å². The van der Waals surface area contributed by atoms with Gasteiger partial charge < -0.3 is 14.1 Å². The second-order valence-corrected chi connectivity index (χ2v) is 7.36. The molecule has 1 atom stereocenters. The van der Waals surface area contributed by atoms with Crippen molar-refractivity contribution in [2.75, 3.05) is 34.4 Å². The Kier molecular flexibility index (Phi) is 5.79. The van der Waals surface area contributed by atoms with Gasteiger partial charge in [0.25, 0.3) is 16.1 Å². The number of hydrogen-bond acceptors (Lipinski definition) is 5. The van der Waals surface area contributed by atoms with Crippen LogP contribution in [0.15, 0.2) is 16.5 Å². The van der Waals surface area contributed by atoms with E-state index in [9.17, 15) is 13.2 Å². The molecule has 1 fully saturated rings. The molecule has 0 unspecified atom stereocenters. The Morgan fingerprint density at radius 3 is 2.87 bits per heavy atom. The van der Waals surface area contributed by atoms with E-state index in [1.165, 1.54) is 15.3 Å². The van der Waals surface area contributed by atoms with E-state index in [2.05, 4.69) is 4.72 Å². The molecule has 1 N–H and O–H groups in total. The van der Waals surface area contributed by atoms with Crippen LogP contribution in [0.5, 0.6) is 0 Å². The summed E-state index contributed by atoms with van der Waals surface area (Å²) >= 11 is 0. The van der Waals surface area contributed by atoms with Crippen LogP contribution in [-0.2, 0) is 21.5 Å². The average molecular weight is 345 g/mol. The van der Waals surface area contributed by atoms with E-state index < -0.39 is 10.2 Å². The van der Waals surface area contributed by atoms with Gasteiger partial charge in [-0.15, -0.1) is 0 Å². The molecule has 130 valence electrons. The van der Waals surface area contributed by atoms with Crippen LogP contribution >= 0.6 is 0 Å². The van der Waals surface area contributed by atoms with Crippen LogP contribution < -0.4 is 4.72 Å². The van der Waals surface area contributed by atoms with Crippen molar-refractivity contribution in [1.29, 1.82) is 0 Å². The van der Waals surface area contributed by atoms with Crippen molar-refractivity contribution < 1.29 is 22.4 Å². The first-order valence-electron chi connectivity index (χ1n) is 7.41. The highest BCUT2D eigenvalue weighted by atomic mass is 32.2. The highest BCUT2D eigenvalue weighted by molar-refractivity contribution is 7.87. The average Bonchev–Trinajstić information content (AvgIpc) is 3.14. The summed E-state index contributed by atoms with van der Waals surface area (Å²) in [7, 11) is 1.19. The molecule has 8 nitrogen and oxygen atoms in total. The molecule has 2 rings (SSSR count). The highest BCUT2D eigenvalue weighted by Gasteiger charge is 2.34. The van der Waals surface area contributed by atoms with E-state index in [1.807, 2.05) is 0 Å². The van der Waals surface area contributed by atoms with Crippen LogP contribution in [0.25, 0.3) is 0 Å². The number of furan rings is 1. The normalized spacial score (nSPS) is 19.2. The molecule has 2 heterocycles. The van der Waals surface area contributed by atoms with Gasteiger partial charge in [0.05, 0.1) is 13.2 Å². The van der Waals surface area contributed by atoms with Crippen molar-refractivity contribution >= 4 is 16.1 Å². The Balaban J connectivity index is 1.98. The Labute approximate surface area is 136 Å². The zero-order chi connectivity index (χ0) is 17.0. The van der Waals surface area contributed by atoms with Crippen molar-refractivity contribution in [3.05, 3.63) is 23.7 Å². The molecule has 0 aliphatic carbocycles. The Morgan fingerprint density at radius 1 is 1.48 bits per heavy atom. The lowest BCUT2D eigenvalue weighted by Gasteiger charge is -2.23. The third kappa shape index (κ3) is 4.31. The molecule has 1 saturated heterocycles. The molecular formula is C14H23N3O5S. The van der Waals surface area contributed by atoms with Crippen molar-refractivity contribution in [3.8, 4) is 0 Å². The van der Waals surface area contributed by atoms with Gasteiger partial charge in [-0.25, -0.2) is 0 Å². The largest absolute Gasteiger partial charge is 0.455 e. The summed E-state index contributed by atoms with van der Waals surface area (Å²) < 4.78 is 39.1. The molecule has 1 amide bonds.